The van der Waals surface area contributed by atoms with Gasteiger partial charge < -0.3 is 5.11 Å². The fourth-order valence-corrected chi connectivity index (χ4v) is 6.99. The Morgan fingerprint density at radius 1 is 0.737 bits per heavy atom. The van der Waals surface area contributed by atoms with Gasteiger partial charge in [-0.2, -0.15) is 11.8 Å². The highest BCUT2D eigenvalue weighted by atomic mass is 35.5. The van der Waals surface area contributed by atoms with Crippen LogP contribution in [0.4, 0.5) is 0 Å². The van der Waals surface area contributed by atoms with Crippen molar-refractivity contribution in [2.24, 2.45) is 0 Å². The highest BCUT2D eigenvalue weighted by molar-refractivity contribution is 8.00. The summed E-state index contributed by atoms with van der Waals surface area (Å²) in [5.74, 6) is 0. The lowest BCUT2D eigenvalue weighted by Gasteiger charge is -2.44. The third-order valence-corrected chi connectivity index (χ3v) is 7.83. The van der Waals surface area contributed by atoms with Crippen LogP contribution in [-0.2, 0) is 0 Å². The van der Waals surface area contributed by atoms with Crippen molar-refractivity contribution in [3.8, 4) is 0 Å². The molecular weight excluding hydrogens is 369 g/mol. The van der Waals surface area contributed by atoms with Crippen molar-refractivity contribution in [1.29, 1.82) is 0 Å². The summed E-state index contributed by atoms with van der Waals surface area (Å²) in [4.78, 5) is 0. The van der Waals surface area contributed by atoms with E-state index < -0.39 is 11.5 Å². The lowest BCUT2D eigenvalue weighted by molar-refractivity contribution is -0.421. The van der Waals surface area contributed by atoms with Gasteiger partial charge in [0.05, 0.1) is 10.8 Å². The molecule has 0 N–H and O–H groups in total. The van der Waals surface area contributed by atoms with E-state index in [4.69, 9.17) is 58.0 Å². The van der Waals surface area contributed by atoms with Gasteiger partial charge in [0.2, 0.25) is 0 Å². The van der Waals surface area contributed by atoms with Gasteiger partial charge in [0.25, 0.3) is 0 Å². The lowest BCUT2D eigenvalue weighted by Crippen LogP contribution is -2.51. The molecule has 112 valence electrons. The lowest BCUT2D eigenvalue weighted by atomic mass is 9.96. The molecule has 0 spiro atoms. The Morgan fingerprint density at radius 2 is 1.26 bits per heavy atom. The van der Waals surface area contributed by atoms with Crippen LogP contribution in [0, 0.1) is 0 Å². The van der Waals surface area contributed by atoms with E-state index in [2.05, 4.69) is 0 Å². The fraction of sp³-hybridized carbons (Fsp3) is 1.00. The van der Waals surface area contributed by atoms with Crippen LogP contribution in [-0.4, -0.2) is 43.5 Å². The van der Waals surface area contributed by atoms with Crippen molar-refractivity contribution >= 4 is 69.8 Å². The van der Waals surface area contributed by atoms with Gasteiger partial charge in [-0.1, -0.05) is 6.10 Å². The molecule has 2 fully saturated rings. The van der Waals surface area contributed by atoms with E-state index in [1.807, 2.05) is 0 Å². The average Bonchev–Trinajstić information content (AvgIpc) is 2.31. The molecule has 1 nitrogen and oxygen atoms in total. The molecule has 0 bridgehead atoms. The molecule has 2 aliphatic carbocycles. The van der Waals surface area contributed by atoms with Gasteiger partial charge >= 0.3 is 0 Å². The summed E-state index contributed by atoms with van der Waals surface area (Å²) in [5, 5.41) is 11.5. The molecule has 0 amide bonds. The summed E-state index contributed by atoms with van der Waals surface area (Å²) >= 11 is 32.6. The fourth-order valence-electron chi connectivity index (χ4n) is 2.67. The topological polar surface area (TPSA) is 23.1 Å². The summed E-state index contributed by atoms with van der Waals surface area (Å²) in [6.07, 6.45) is 1.97. The van der Waals surface area contributed by atoms with Crippen LogP contribution in [0.1, 0.15) is 25.7 Å². The molecular formula is C12H16Cl5OS-. The maximum atomic E-state index is 12.2. The molecule has 2 rings (SSSR count). The molecule has 2 aliphatic rings. The molecule has 0 aromatic heterocycles. The minimum Gasteiger partial charge on any atom is -0.850 e. The molecule has 0 aromatic rings. The number of alkyl halides is 5. The summed E-state index contributed by atoms with van der Waals surface area (Å²) in [6.45, 7) is 0. The third kappa shape index (κ3) is 4.37. The zero-order valence-electron chi connectivity index (χ0n) is 10.2. The van der Waals surface area contributed by atoms with Crippen LogP contribution < -0.4 is 5.11 Å². The van der Waals surface area contributed by atoms with Gasteiger partial charge in [0.15, 0.2) is 0 Å². The Kier molecular flexibility index (Phi) is 6.62. The van der Waals surface area contributed by atoms with Gasteiger partial charge in [0.1, 0.15) is 0 Å². The van der Waals surface area contributed by atoms with E-state index in [-0.39, 0.29) is 32.0 Å². The van der Waals surface area contributed by atoms with Gasteiger partial charge in [0, 0.05) is 21.4 Å². The highest BCUT2D eigenvalue weighted by Crippen LogP contribution is 2.43. The van der Waals surface area contributed by atoms with E-state index in [9.17, 15) is 5.11 Å². The predicted octanol–water partition coefficient (Wildman–Crippen LogP) is 3.81. The van der Waals surface area contributed by atoms with Crippen molar-refractivity contribution in [2.75, 3.05) is 0 Å². The quantitative estimate of drug-likeness (QED) is 0.675. The van der Waals surface area contributed by atoms with Crippen molar-refractivity contribution in [2.45, 2.75) is 69.2 Å². The molecule has 8 unspecified atom stereocenters. The summed E-state index contributed by atoms with van der Waals surface area (Å²) in [7, 11) is 0. The Hall–Kier alpha value is 1.76. The minimum atomic E-state index is -0.796. The first-order valence-corrected chi connectivity index (χ1v) is 9.52. The molecule has 0 aliphatic heterocycles. The van der Waals surface area contributed by atoms with Crippen molar-refractivity contribution < 1.29 is 5.11 Å². The van der Waals surface area contributed by atoms with Crippen LogP contribution in [0.2, 0.25) is 0 Å². The van der Waals surface area contributed by atoms with E-state index in [1.54, 1.807) is 11.8 Å². The van der Waals surface area contributed by atoms with Gasteiger partial charge in [-0.3, -0.25) is 0 Å². The summed E-state index contributed by atoms with van der Waals surface area (Å²) in [6, 6.07) is 0. The van der Waals surface area contributed by atoms with Gasteiger partial charge in [-0.05, 0) is 30.9 Å². The van der Waals surface area contributed by atoms with E-state index in [1.165, 1.54) is 0 Å². The Balaban J connectivity index is 1.98. The van der Waals surface area contributed by atoms with Crippen LogP contribution in [0.25, 0.3) is 0 Å². The third-order valence-electron chi connectivity index (χ3n) is 3.71. The Bertz CT molecular complexity index is 280. The first-order chi connectivity index (χ1) is 8.88. The molecule has 7 heteroatoms. The van der Waals surface area contributed by atoms with Crippen LogP contribution in [0.15, 0.2) is 0 Å². The van der Waals surface area contributed by atoms with E-state index in [0.717, 1.165) is 12.8 Å². The number of rotatable bonds is 2. The maximum Gasteiger partial charge on any atom is 0.0619 e. The molecule has 0 aromatic carbocycles. The molecule has 0 heterocycles. The molecule has 0 radical (unpaired) electrons. The number of thioether (sulfide) groups is 1. The zero-order chi connectivity index (χ0) is 14.2. The first kappa shape index (κ1) is 17.1. The summed E-state index contributed by atoms with van der Waals surface area (Å²) in [5.41, 5.74) is 0. The van der Waals surface area contributed by atoms with Crippen LogP contribution >= 0.6 is 69.8 Å². The summed E-state index contributed by atoms with van der Waals surface area (Å²) < 4.78 is 0. The molecule has 19 heavy (non-hydrogen) atoms. The Morgan fingerprint density at radius 3 is 1.89 bits per heavy atom. The predicted molar refractivity (Wildman–Crippen MR) is 85.6 cm³/mol. The monoisotopic (exact) mass is 383 g/mol. The standard InChI is InChI=1S/C12H16Cl5OS/c13-5-1-7(15)11(17)9(3-5)19-10-4-6(14)2-8(16)12(10)18/h5-12H,1-4H2/q-1. The van der Waals surface area contributed by atoms with Crippen molar-refractivity contribution in [3.63, 3.8) is 0 Å². The smallest absolute Gasteiger partial charge is 0.0619 e. The number of hydrogen-bond acceptors (Lipinski definition) is 2. The van der Waals surface area contributed by atoms with Crippen LogP contribution in [0.5, 0.6) is 0 Å². The largest absolute Gasteiger partial charge is 0.850 e. The molecule has 8 atom stereocenters. The van der Waals surface area contributed by atoms with E-state index in [0.29, 0.717) is 12.8 Å². The van der Waals surface area contributed by atoms with Crippen molar-refractivity contribution in [3.05, 3.63) is 0 Å². The average molecular weight is 386 g/mol. The SMILES string of the molecule is [O-]C1C(Cl)CC(Cl)CC1SC1CC(Cl)CC(Cl)C1Cl. The van der Waals surface area contributed by atoms with Crippen molar-refractivity contribution in [1.82, 2.24) is 0 Å². The second-order valence-electron chi connectivity index (χ2n) is 5.29. The van der Waals surface area contributed by atoms with Crippen LogP contribution in [0.3, 0.4) is 0 Å². The second kappa shape index (κ2) is 7.35. The maximum absolute atomic E-state index is 12.2. The zero-order valence-corrected chi connectivity index (χ0v) is 14.7. The van der Waals surface area contributed by atoms with Gasteiger partial charge in [-0.25, -0.2) is 0 Å². The molecule has 0 saturated heterocycles. The first-order valence-electron chi connectivity index (χ1n) is 6.40. The molecule has 2 saturated carbocycles. The number of hydrogen-bond donors (Lipinski definition) is 0. The minimum absolute atomic E-state index is 0.0267. The van der Waals surface area contributed by atoms with Gasteiger partial charge in [-0.15, -0.1) is 58.0 Å². The Labute approximate surface area is 143 Å². The second-order valence-corrected chi connectivity index (χ2v) is 9.63. The highest BCUT2D eigenvalue weighted by Gasteiger charge is 2.39. The van der Waals surface area contributed by atoms with E-state index >= 15 is 0 Å². The normalized spacial score (nSPS) is 52.1. The number of halogens is 5.